The van der Waals surface area contributed by atoms with Gasteiger partial charge in [-0.2, -0.15) is 0 Å². The van der Waals surface area contributed by atoms with E-state index in [1.54, 1.807) is 12.1 Å². The minimum atomic E-state index is -1.20. The fourth-order valence-electron chi connectivity index (χ4n) is 6.11. The van der Waals surface area contributed by atoms with Crippen LogP contribution in [0.4, 0.5) is 0 Å². The van der Waals surface area contributed by atoms with Crippen molar-refractivity contribution >= 4 is 36.8 Å². The molecule has 0 atom stereocenters. The summed E-state index contributed by atoms with van der Waals surface area (Å²) in [5.41, 5.74) is 5.87. The number of carbonyl (C=O) groups is 2. The van der Waals surface area contributed by atoms with Crippen molar-refractivity contribution in [2.45, 2.75) is 72.6 Å². The Balaban J connectivity index is 0.00000420. The van der Waals surface area contributed by atoms with E-state index in [9.17, 15) is 19.8 Å². The Hall–Kier alpha value is -2.12. The van der Waals surface area contributed by atoms with Crippen molar-refractivity contribution in [1.29, 1.82) is 0 Å². The van der Waals surface area contributed by atoms with E-state index in [1.165, 1.54) is 0 Å². The monoisotopic (exact) mass is 606 g/mol. The number of carboxylic acid groups (broad SMARTS) is 2. The van der Waals surface area contributed by atoms with E-state index in [2.05, 4.69) is 65.7 Å². The van der Waals surface area contributed by atoms with Crippen molar-refractivity contribution in [3.05, 3.63) is 57.6 Å². The highest BCUT2D eigenvalue weighted by Crippen LogP contribution is 2.45. The topological polar surface area (TPSA) is 86.7 Å². The van der Waals surface area contributed by atoms with Crippen LogP contribution >= 0.6 is 24.8 Å². The second-order valence-corrected chi connectivity index (χ2v) is 13.5. The summed E-state index contributed by atoms with van der Waals surface area (Å²) in [6.45, 7) is 10.8. The molecule has 6 nitrogen and oxygen atoms in total. The van der Waals surface area contributed by atoms with Crippen LogP contribution < -0.4 is 10.2 Å². The normalized spacial score (nSPS) is 12.5. The standard InChI is InChI=1S/C33H48N2O4.2ClH/c1-32(2,13-9-15-34(5)6)20-24-19-26-25-12-11-22(30(36)37)17-23(25)18-27(26)28(29(24)31(38)39)21-33(3,4)14-10-16-35(7)8;;/h11-12,17,19H,9-10,13-16,18,20-21H2,1-8H3,(H,36,37)(H,38,39);2*1H/p-2. The molecule has 0 spiro atoms. The Kier molecular flexibility index (Phi) is 13.4. The maximum atomic E-state index is 12.8. The predicted octanol–water partition coefficient (Wildman–Crippen LogP) is 4.65. The third-order valence-electron chi connectivity index (χ3n) is 8.08. The third-order valence-corrected chi connectivity index (χ3v) is 8.08. The highest BCUT2D eigenvalue weighted by molar-refractivity contribution is 5.94. The molecule has 0 saturated carbocycles. The van der Waals surface area contributed by atoms with Crippen LogP contribution in [0.3, 0.4) is 0 Å². The van der Waals surface area contributed by atoms with Gasteiger partial charge in [-0.25, -0.2) is 0 Å². The zero-order chi connectivity index (χ0) is 29.1. The summed E-state index contributed by atoms with van der Waals surface area (Å²) in [7, 11) is 8.26. The Bertz CT molecular complexity index is 1220. The molecule has 2 aromatic rings. The van der Waals surface area contributed by atoms with Crippen molar-refractivity contribution in [2.24, 2.45) is 10.8 Å². The first-order valence-electron chi connectivity index (χ1n) is 14.1. The summed E-state index contributed by atoms with van der Waals surface area (Å²) in [6.07, 6.45) is 5.78. The summed E-state index contributed by atoms with van der Waals surface area (Å²) < 4.78 is 0. The molecule has 1 aliphatic rings. The number of rotatable bonds is 14. The Morgan fingerprint density at radius 1 is 0.780 bits per heavy atom. The van der Waals surface area contributed by atoms with Gasteiger partial charge in [-0.05, 0) is 142 Å². The molecule has 8 heteroatoms. The van der Waals surface area contributed by atoms with Crippen LogP contribution in [-0.2, 0) is 19.3 Å². The molecule has 230 valence electrons. The molecule has 0 radical (unpaired) electrons. The van der Waals surface area contributed by atoms with E-state index >= 15 is 0 Å². The van der Waals surface area contributed by atoms with Gasteiger partial charge in [0.2, 0.25) is 0 Å². The number of carbonyl (C=O) groups excluding carboxylic acids is 2. The van der Waals surface area contributed by atoms with Crippen LogP contribution in [0.1, 0.15) is 96.3 Å². The smallest absolute Gasteiger partial charge is 0.0720 e. The predicted molar refractivity (Wildman–Crippen MR) is 168 cm³/mol. The Morgan fingerprint density at radius 2 is 1.32 bits per heavy atom. The number of hydrogen-bond donors (Lipinski definition) is 0. The lowest BCUT2D eigenvalue weighted by molar-refractivity contribution is -0.256. The number of benzene rings is 2. The fraction of sp³-hybridized carbons (Fsp3) is 0.576. The van der Waals surface area contributed by atoms with Gasteiger partial charge in [0.05, 0.1) is 11.9 Å². The van der Waals surface area contributed by atoms with Gasteiger partial charge in [0.25, 0.3) is 0 Å². The minimum Gasteiger partial charge on any atom is -0.545 e. The van der Waals surface area contributed by atoms with Crippen LogP contribution in [0.5, 0.6) is 0 Å². The second-order valence-electron chi connectivity index (χ2n) is 13.5. The van der Waals surface area contributed by atoms with Crippen LogP contribution in [0.15, 0.2) is 24.3 Å². The molecule has 0 unspecified atom stereocenters. The SMILES string of the molecule is CN(C)CCCC(C)(C)Cc1cc2c(c(CC(C)(C)CCCN(C)C)c1C(=O)[O-])Cc1cc(C(=O)[O-])ccc1-2.Cl.Cl. The number of nitrogens with zero attached hydrogens (tertiary/aromatic N) is 2. The molecule has 0 saturated heterocycles. The van der Waals surface area contributed by atoms with Crippen LogP contribution in [-0.4, -0.2) is 63.0 Å². The van der Waals surface area contributed by atoms with Gasteiger partial charge < -0.3 is 29.6 Å². The Labute approximate surface area is 259 Å². The first-order valence-corrected chi connectivity index (χ1v) is 14.1. The van der Waals surface area contributed by atoms with E-state index in [4.69, 9.17) is 0 Å². The van der Waals surface area contributed by atoms with Gasteiger partial charge in [0.1, 0.15) is 0 Å². The molecule has 2 aromatic carbocycles. The Morgan fingerprint density at radius 3 is 1.80 bits per heavy atom. The third kappa shape index (κ3) is 9.71. The quantitative estimate of drug-likeness (QED) is 0.265. The number of carboxylic acids is 2. The molecule has 0 amide bonds. The van der Waals surface area contributed by atoms with Gasteiger partial charge in [0.15, 0.2) is 0 Å². The number of halogens is 2. The molecule has 3 rings (SSSR count). The maximum Gasteiger partial charge on any atom is 0.0720 e. The molecule has 0 aromatic heterocycles. The van der Waals surface area contributed by atoms with Crippen LogP contribution in [0.25, 0.3) is 11.1 Å². The molecular weight excluding hydrogens is 559 g/mol. The average molecular weight is 608 g/mol. The van der Waals surface area contributed by atoms with E-state index in [1.807, 2.05) is 12.1 Å². The van der Waals surface area contributed by atoms with Gasteiger partial charge >= 0.3 is 0 Å². The highest BCUT2D eigenvalue weighted by atomic mass is 35.5. The molecule has 0 bridgehead atoms. The number of hydrogen-bond acceptors (Lipinski definition) is 6. The van der Waals surface area contributed by atoms with Crippen molar-refractivity contribution < 1.29 is 19.8 Å². The summed E-state index contributed by atoms with van der Waals surface area (Å²) >= 11 is 0. The molecular formula is C33H48Cl2N2O4-2. The molecule has 0 N–H and O–H groups in total. The van der Waals surface area contributed by atoms with Crippen molar-refractivity contribution in [3.8, 4) is 11.1 Å². The second kappa shape index (κ2) is 14.9. The lowest BCUT2D eigenvalue weighted by Gasteiger charge is -2.32. The van der Waals surface area contributed by atoms with E-state index < -0.39 is 11.9 Å². The van der Waals surface area contributed by atoms with Gasteiger partial charge in [-0.15, -0.1) is 24.8 Å². The van der Waals surface area contributed by atoms with Crippen molar-refractivity contribution in [3.63, 3.8) is 0 Å². The zero-order valence-corrected chi connectivity index (χ0v) is 27.7. The van der Waals surface area contributed by atoms with E-state index in [0.717, 1.165) is 72.2 Å². The van der Waals surface area contributed by atoms with Crippen LogP contribution in [0.2, 0.25) is 0 Å². The summed E-state index contributed by atoms with van der Waals surface area (Å²) in [6, 6.07) is 7.16. The summed E-state index contributed by atoms with van der Waals surface area (Å²) in [5, 5.41) is 24.4. The van der Waals surface area contributed by atoms with Gasteiger partial charge in [-0.3, -0.25) is 0 Å². The molecule has 1 aliphatic carbocycles. The summed E-state index contributed by atoms with van der Waals surface area (Å²) in [4.78, 5) is 28.7. The molecule has 41 heavy (non-hydrogen) atoms. The van der Waals surface area contributed by atoms with Gasteiger partial charge in [-0.1, -0.05) is 45.9 Å². The van der Waals surface area contributed by atoms with Crippen molar-refractivity contribution in [1.82, 2.24) is 9.80 Å². The number of aromatic carboxylic acids is 2. The first kappa shape index (κ1) is 36.9. The van der Waals surface area contributed by atoms with Crippen molar-refractivity contribution in [2.75, 3.05) is 41.3 Å². The lowest BCUT2D eigenvalue weighted by atomic mass is 9.74. The average Bonchev–Trinajstić information content (AvgIpc) is 3.15. The zero-order valence-electron chi connectivity index (χ0n) is 26.0. The lowest BCUT2D eigenvalue weighted by Crippen LogP contribution is -2.30. The van der Waals surface area contributed by atoms with E-state index in [-0.39, 0.29) is 41.2 Å². The molecule has 0 fully saturated rings. The largest absolute Gasteiger partial charge is 0.545 e. The number of fused-ring (bicyclic) bond motifs is 3. The van der Waals surface area contributed by atoms with E-state index in [0.29, 0.717) is 24.8 Å². The first-order chi connectivity index (χ1) is 18.1. The highest BCUT2D eigenvalue weighted by Gasteiger charge is 2.31. The fourth-order valence-corrected chi connectivity index (χ4v) is 6.11. The van der Waals surface area contributed by atoms with Gasteiger partial charge in [0, 0.05) is 5.56 Å². The minimum absolute atomic E-state index is 0. The maximum absolute atomic E-state index is 12.8. The summed E-state index contributed by atoms with van der Waals surface area (Å²) in [5.74, 6) is -2.33. The van der Waals surface area contributed by atoms with Crippen LogP contribution in [0, 0.1) is 10.8 Å². The molecule has 0 aliphatic heterocycles. The molecule has 0 heterocycles.